The van der Waals surface area contributed by atoms with Gasteiger partial charge in [0.2, 0.25) is 17.5 Å². The van der Waals surface area contributed by atoms with Crippen molar-refractivity contribution < 1.29 is 68.2 Å². The van der Waals surface area contributed by atoms with Crippen molar-refractivity contribution in [3.05, 3.63) is 34.5 Å². The normalized spacial score (nSPS) is 31.4. The Morgan fingerprint density at radius 2 is 1.45 bits per heavy atom. The molecule has 0 spiro atoms. The minimum Gasteiger partial charge on any atom is -0.493 e. The Labute approximate surface area is 237 Å². The molecule has 1 aromatic heterocycles. The summed E-state index contributed by atoms with van der Waals surface area (Å²) in [5.74, 6) is 0.132. The van der Waals surface area contributed by atoms with Gasteiger partial charge in [-0.2, -0.15) is 0 Å². The first kappa shape index (κ1) is 30.2. The van der Waals surface area contributed by atoms with Crippen LogP contribution in [0, 0.1) is 0 Å². The van der Waals surface area contributed by atoms with Crippen molar-refractivity contribution in [1.29, 1.82) is 0 Å². The van der Waals surface area contributed by atoms with E-state index in [1.54, 1.807) is 12.1 Å². The molecule has 3 aromatic rings. The van der Waals surface area contributed by atoms with Crippen molar-refractivity contribution in [3.8, 4) is 23.0 Å². The number of methoxy groups -OCH3 is 3. The number of ether oxygens (including phenoxy) is 7. The molecule has 0 aliphatic carbocycles. The molecule has 0 radical (unpaired) electrons. The van der Waals surface area contributed by atoms with Crippen LogP contribution in [0.3, 0.4) is 0 Å². The molecular weight excluding hydrogens is 564 g/mol. The fourth-order valence-corrected chi connectivity index (χ4v) is 5.01. The summed E-state index contributed by atoms with van der Waals surface area (Å²) >= 11 is 0. The van der Waals surface area contributed by atoms with Crippen molar-refractivity contribution in [2.75, 3.05) is 34.5 Å². The van der Waals surface area contributed by atoms with E-state index in [4.69, 9.17) is 37.6 Å². The van der Waals surface area contributed by atoms with Gasteiger partial charge in [0.25, 0.3) is 0 Å². The monoisotopic (exact) mass is 596 g/mol. The summed E-state index contributed by atoms with van der Waals surface area (Å²) in [4.78, 5) is 13.7. The summed E-state index contributed by atoms with van der Waals surface area (Å²) in [7, 11) is 4.08. The molecular formula is C27H32O15. The lowest BCUT2D eigenvalue weighted by Crippen LogP contribution is -2.60. The van der Waals surface area contributed by atoms with E-state index in [0.29, 0.717) is 5.75 Å². The SMILES string of the molecule is COc1cc2oc3c(OC)cccc3c(=O)c2c(O[C@@H]2O[C@H](CO[C@@H]3O[C@H](CO)[C@H](O)[C@H]3O)[C@@H](O)[C@H](O)[C@H]2O)c1OC. The molecule has 3 heterocycles. The Hall–Kier alpha value is -3.25. The summed E-state index contributed by atoms with van der Waals surface area (Å²) in [6, 6.07) is 6.18. The average molecular weight is 597 g/mol. The van der Waals surface area contributed by atoms with Crippen LogP contribution in [0.25, 0.3) is 21.9 Å². The van der Waals surface area contributed by atoms with E-state index < -0.39 is 74.0 Å². The Kier molecular flexibility index (Phi) is 8.75. The third-order valence-corrected chi connectivity index (χ3v) is 7.30. The van der Waals surface area contributed by atoms with E-state index in [0.717, 1.165) is 0 Å². The van der Waals surface area contributed by atoms with Crippen LogP contribution in [0.2, 0.25) is 0 Å². The zero-order valence-corrected chi connectivity index (χ0v) is 22.8. The van der Waals surface area contributed by atoms with Crippen molar-refractivity contribution in [1.82, 2.24) is 0 Å². The van der Waals surface area contributed by atoms with Crippen LogP contribution in [0.1, 0.15) is 0 Å². The molecule has 230 valence electrons. The Balaban J connectivity index is 1.50. The minimum absolute atomic E-state index is 0.0276. The maximum Gasteiger partial charge on any atom is 0.229 e. The standard InChI is InChI=1S/C27H32O15/c1-35-11-6-4-5-10-17(29)16-12(39-23(10)11)7-13(36-2)24(37-3)25(16)42-27-22(34)20(32)19(31)15(41-27)9-38-26-21(33)18(30)14(8-28)40-26/h4-7,14-15,18-22,26-28,30-34H,8-9H2,1-3H3/t14-,15-,18+,19-,20+,21-,22-,26-,27+/m1/s1. The Bertz CT molecular complexity index is 1470. The number of rotatable bonds is 9. The molecule has 42 heavy (non-hydrogen) atoms. The number of benzene rings is 2. The highest BCUT2D eigenvalue weighted by Crippen LogP contribution is 2.45. The second-order valence-electron chi connectivity index (χ2n) is 9.76. The largest absolute Gasteiger partial charge is 0.493 e. The molecule has 0 saturated carbocycles. The Morgan fingerprint density at radius 3 is 2.10 bits per heavy atom. The molecule has 0 unspecified atom stereocenters. The van der Waals surface area contributed by atoms with E-state index in [-0.39, 0.29) is 39.2 Å². The predicted molar refractivity (Wildman–Crippen MR) is 141 cm³/mol. The highest BCUT2D eigenvalue weighted by molar-refractivity contribution is 5.97. The quantitative estimate of drug-likeness (QED) is 0.157. The van der Waals surface area contributed by atoms with Crippen LogP contribution in [0.5, 0.6) is 23.0 Å². The summed E-state index contributed by atoms with van der Waals surface area (Å²) in [6.45, 7) is -1.08. The number of fused-ring (bicyclic) bond motifs is 2. The fourth-order valence-electron chi connectivity index (χ4n) is 5.01. The summed E-state index contributed by atoms with van der Waals surface area (Å²) in [6.07, 6.45) is -13.7. The first-order valence-electron chi connectivity index (χ1n) is 12.9. The van der Waals surface area contributed by atoms with Crippen molar-refractivity contribution in [2.45, 2.75) is 55.3 Å². The molecule has 2 aromatic carbocycles. The lowest BCUT2D eigenvalue weighted by Gasteiger charge is -2.40. The van der Waals surface area contributed by atoms with Gasteiger partial charge in [0.15, 0.2) is 29.1 Å². The number of para-hydroxylation sites is 1. The second-order valence-corrected chi connectivity index (χ2v) is 9.76. The van der Waals surface area contributed by atoms with Gasteiger partial charge in [0.1, 0.15) is 53.7 Å². The molecule has 9 atom stereocenters. The maximum absolute atomic E-state index is 13.7. The fraction of sp³-hybridized carbons (Fsp3) is 0.519. The average Bonchev–Trinajstić information content (AvgIpc) is 3.28. The van der Waals surface area contributed by atoms with E-state index >= 15 is 0 Å². The highest BCUT2D eigenvalue weighted by atomic mass is 16.7. The highest BCUT2D eigenvalue weighted by Gasteiger charge is 2.48. The van der Waals surface area contributed by atoms with Gasteiger partial charge >= 0.3 is 0 Å². The molecule has 0 bridgehead atoms. The van der Waals surface area contributed by atoms with Gasteiger partial charge in [-0.1, -0.05) is 6.07 Å². The van der Waals surface area contributed by atoms with E-state index in [1.807, 2.05) is 0 Å². The zero-order valence-electron chi connectivity index (χ0n) is 22.8. The maximum atomic E-state index is 13.7. The smallest absolute Gasteiger partial charge is 0.229 e. The number of hydrogen-bond donors (Lipinski definition) is 6. The Morgan fingerprint density at radius 1 is 0.786 bits per heavy atom. The van der Waals surface area contributed by atoms with E-state index in [2.05, 4.69) is 0 Å². The van der Waals surface area contributed by atoms with Crippen LogP contribution in [-0.2, 0) is 14.2 Å². The zero-order chi connectivity index (χ0) is 30.3. The molecule has 6 N–H and O–H groups in total. The summed E-state index contributed by atoms with van der Waals surface area (Å²) in [5, 5.41) is 61.4. The first-order valence-corrected chi connectivity index (χ1v) is 12.9. The third kappa shape index (κ3) is 5.12. The van der Waals surface area contributed by atoms with Crippen LogP contribution in [0.4, 0.5) is 0 Å². The van der Waals surface area contributed by atoms with Crippen LogP contribution in [-0.4, -0.2) is 120 Å². The molecule has 2 aliphatic rings. The van der Waals surface area contributed by atoms with Gasteiger partial charge < -0.3 is 68.2 Å². The van der Waals surface area contributed by atoms with Crippen LogP contribution < -0.4 is 24.4 Å². The van der Waals surface area contributed by atoms with Crippen LogP contribution in [0.15, 0.2) is 33.5 Å². The topological polar surface area (TPSA) is 216 Å². The number of hydrogen-bond acceptors (Lipinski definition) is 15. The molecule has 15 heteroatoms. The lowest BCUT2D eigenvalue weighted by molar-refractivity contribution is -0.290. The van der Waals surface area contributed by atoms with Crippen molar-refractivity contribution in [3.63, 3.8) is 0 Å². The van der Waals surface area contributed by atoms with Gasteiger partial charge in [-0.05, 0) is 12.1 Å². The molecule has 15 nitrogen and oxygen atoms in total. The van der Waals surface area contributed by atoms with Gasteiger partial charge in [0.05, 0.1) is 39.9 Å². The summed E-state index contributed by atoms with van der Waals surface area (Å²) < 4.78 is 44.7. The first-order chi connectivity index (χ1) is 20.1. The third-order valence-electron chi connectivity index (χ3n) is 7.30. The molecule has 2 fully saturated rings. The molecule has 0 amide bonds. The van der Waals surface area contributed by atoms with Gasteiger partial charge in [-0.25, -0.2) is 0 Å². The van der Waals surface area contributed by atoms with E-state index in [9.17, 15) is 35.4 Å². The minimum atomic E-state index is -1.82. The summed E-state index contributed by atoms with van der Waals surface area (Å²) in [5.41, 5.74) is -0.332. The molecule has 5 rings (SSSR count). The van der Waals surface area contributed by atoms with Gasteiger partial charge in [-0.3, -0.25) is 4.79 Å². The molecule has 2 aliphatic heterocycles. The lowest BCUT2D eigenvalue weighted by atomic mass is 9.99. The predicted octanol–water partition coefficient (Wildman–Crippen LogP) is -1.39. The van der Waals surface area contributed by atoms with Gasteiger partial charge in [-0.15, -0.1) is 0 Å². The second kappa shape index (κ2) is 12.2. The van der Waals surface area contributed by atoms with Crippen molar-refractivity contribution >= 4 is 21.9 Å². The van der Waals surface area contributed by atoms with Gasteiger partial charge in [0, 0.05) is 6.07 Å². The van der Waals surface area contributed by atoms with Crippen molar-refractivity contribution in [2.24, 2.45) is 0 Å². The number of aliphatic hydroxyl groups is 6. The molecule has 2 saturated heterocycles. The number of aliphatic hydroxyl groups excluding tert-OH is 6. The van der Waals surface area contributed by atoms with E-state index in [1.165, 1.54) is 33.5 Å². The van der Waals surface area contributed by atoms with Crippen LogP contribution >= 0.6 is 0 Å².